The molecular formula is C22H24Br2N2O2. The molecule has 4 nitrogen and oxygen atoms in total. The maximum Gasteiger partial charge on any atom is 0.247 e. The number of hydrogen-bond acceptors (Lipinski definition) is 3. The van der Waals surface area contributed by atoms with Gasteiger partial charge in [-0.3, -0.25) is 4.79 Å². The summed E-state index contributed by atoms with van der Waals surface area (Å²) in [5.41, 5.74) is 4.69. The fraction of sp³-hybridized carbons (Fsp3) is 0.364. The third kappa shape index (κ3) is 5.23. The molecule has 0 heterocycles. The molecule has 0 unspecified atom stereocenters. The molecule has 6 heteroatoms. The summed E-state index contributed by atoms with van der Waals surface area (Å²) in [7, 11) is 1.62. The van der Waals surface area contributed by atoms with Crippen molar-refractivity contribution >= 4 is 44.0 Å². The monoisotopic (exact) mass is 506 g/mol. The summed E-state index contributed by atoms with van der Waals surface area (Å²) < 4.78 is 6.95. The van der Waals surface area contributed by atoms with E-state index in [2.05, 4.69) is 42.4 Å². The van der Waals surface area contributed by atoms with E-state index in [0.717, 1.165) is 38.7 Å². The average molecular weight is 508 g/mol. The highest BCUT2D eigenvalue weighted by Gasteiger charge is 2.30. The number of halogens is 2. The lowest BCUT2D eigenvalue weighted by Gasteiger charge is -2.29. The third-order valence-corrected chi connectivity index (χ3v) is 6.35. The number of hydrogen-bond donors (Lipinski definition) is 1. The number of rotatable bonds is 6. The maximum atomic E-state index is 13.0. The smallest absolute Gasteiger partial charge is 0.247 e. The molecule has 1 aliphatic rings. The van der Waals surface area contributed by atoms with Gasteiger partial charge in [0.25, 0.3) is 0 Å². The highest BCUT2D eigenvalue weighted by Crippen LogP contribution is 2.36. The minimum Gasteiger partial charge on any atom is -0.494 e. The van der Waals surface area contributed by atoms with Gasteiger partial charge < -0.3 is 4.74 Å². The zero-order valence-electron chi connectivity index (χ0n) is 15.8. The number of carbonyl (C=O) groups is 1. The van der Waals surface area contributed by atoms with Crippen molar-refractivity contribution in [1.82, 2.24) is 5.43 Å². The summed E-state index contributed by atoms with van der Waals surface area (Å²) in [6.07, 6.45) is 7.48. The maximum absolute atomic E-state index is 13.0. The lowest BCUT2D eigenvalue weighted by atomic mass is 9.76. The van der Waals surface area contributed by atoms with Crippen LogP contribution >= 0.6 is 31.9 Å². The van der Waals surface area contributed by atoms with E-state index in [1.807, 2.05) is 42.5 Å². The van der Waals surface area contributed by atoms with E-state index in [0.29, 0.717) is 5.92 Å². The first-order chi connectivity index (χ1) is 13.6. The van der Waals surface area contributed by atoms with Crippen LogP contribution in [-0.2, 0) is 4.79 Å². The summed E-state index contributed by atoms with van der Waals surface area (Å²) in [4.78, 5) is 13.0. The molecule has 1 atom stereocenters. The molecule has 0 bridgehead atoms. The Hall–Kier alpha value is -1.66. The van der Waals surface area contributed by atoms with Gasteiger partial charge in [-0.05, 0) is 73.9 Å². The normalized spacial score (nSPS) is 16.1. The Balaban J connectivity index is 1.74. The second-order valence-electron chi connectivity index (χ2n) is 7.04. The van der Waals surface area contributed by atoms with E-state index in [1.54, 1.807) is 13.3 Å². The van der Waals surface area contributed by atoms with Crippen LogP contribution in [0.5, 0.6) is 5.75 Å². The molecule has 1 N–H and O–H groups in total. The molecule has 1 fully saturated rings. The summed E-state index contributed by atoms with van der Waals surface area (Å²) >= 11 is 6.96. The van der Waals surface area contributed by atoms with Crippen molar-refractivity contribution in [2.24, 2.45) is 11.0 Å². The number of carbonyl (C=O) groups excluding carboxylic acids is 1. The molecule has 0 aromatic heterocycles. The Bertz CT molecular complexity index is 811. The van der Waals surface area contributed by atoms with Crippen molar-refractivity contribution in [2.45, 2.75) is 38.0 Å². The number of methoxy groups -OCH3 is 1. The molecule has 1 saturated carbocycles. The van der Waals surface area contributed by atoms with Crippen molar-refractivity contribution < 1.29 is 9.53 Å². The summed E-state index contributed by atoms with van der Waals surface area (Å²) in [6.45, 7) is 0. The zero-order chi connectivity index (χ0) is 19.9. The minimum absolute atomic E-state index is 0.0407. The molecule has 1 aliphatic carbocycles. The zero-order valence-corrected chi connectivity index (χ0v) is 19.0. The van der Waals surface area contributed by atoms with E-state index in [9.17, 15) is 4.79 Å². The first kappa shape index (κ1) is 21.1. The van der Waals surface area contributed by atoms with Gasteiger partial charge >= 0.3 is 0 Å². The van der Waals surface area contributed by atoms with Crippen LogP contribution in [0, 0.1) is 5.92 Å². The van der Waals surface area contributed by atoms with E-state index < -0.39 is 0 Å². The highest BCUT2D eigenvalue weighted by molar-refractivity contribution is 9.11. The largest absolute Gasteiger partial charge is 0.494 e. The Morgan fingerprint density at radius 3 is 2.39 bits per heavy atom. The summed E-state index contributed by atoms with van der Waals surface area (Å²) in [6, 6.07) is 13.9. The van der Waals surface area contributed by atoms with Gasteiger partial charge in [-0.15, -0.1) is 0 Å². The topological polar surface area (TPSA) is 50.7 Å². The molecule has 0 spiro atoms. The predicted octanol–water partition coefficient (Wildman–Crippen LogP) is 6.03. The number of amides is 1. The Kier molecular flexibility index (Phi) is 7.68. The second-order valence-corrected chi connectivity index (χ2v) is 8.75. The van der Waals surface area contributed by atoms with Crippen LogP contribution < -0.4 is 10.2 Å². The molecule has 148 valence electrons. The van der Waals surface area contributed by atoms with Crippen LogP contribution in [0.2, 0.25) is 0 Å². The van der Waals surface area contributed by atoms with Crippen LogP contribution in [0.15, 0.2) is 56.5 Å². The summed E-state index contributed by atoms with van der Waals surface area (Å²) in [5.74, 6) is 0.896. The van der Waals surface area contributed by atoms with Crippen molar-refractivity contribution in [1.29, 1.82) is 0 Å². The van der Waals surface area contributed by atoms with Crippen LogP contribution in [0.4, 0.5) is 0 Å². The molecule has 28 heavy (non-hydrogen) atoms. The number of nitrogens with one attached hydrogen (secondary N) is 1. The molecule has 0 aliphatic heterocycles. The van der Waals surface area contributed by atoms with E-state index >= 15 is 0 Å². The fourth-order valence-electron chi connectivity index (χ4n) is 3.85. The molecule has 2 aromatic rings. The van der Waals surface area contributed by atoms with E-state index in [1.165, 1.54) is 19.3 Å². The number of benzene rings is 2. The van der Waals surface area contributed by atoms with Crippen molar-refractivity contribution in [2.75, 3.05) is 7.11 Å². The van der Waals surface area contributed by atoms with E-state index in [-0.39, 0.29) is 11.8 Å². The van der Waals surface area contributed by atoms with Crippen molar-refractivity contribution in [3.05, 3.63) is 62.5 Å². The van der Waals surface area contributed by atoms with Gasteiger partial charge in [0.1, 0.15) is 5.75 Å². The molecule has 0 saturated heterocycles. The number of hydrazone groups is 1. The van der Waals surface area contributed by atoms with Gasteiger partial charge in [0.05, 0.1) is 28.2 Å². The van der Waals surface area contributed by atoms with Crippen molar-refractivity contribution in [3.63, 3.8) is 0 Å². The Morgan fingerprint density at radius 2 is 1.79 bits per heavy atom. The third-order valence-electron chi connectivity index (χ3n) is 5.18. The Labute approximate surface area is 183 Å². The van der Waals surface area contributed by atoms with Gasteiger partial charge in [-0.2, -0.15) is 5.10 Å². The van der Waals surface area contributed by atoms with Crippen LogP contribution in [0.3, 0.4) is 0 Å². The predicted molar refractivity (Wildman–Crippen MR) is 120 cm³/mol. The number of ether oxygens (including phenoxy) is 1. The number of nitrogens with zero attached hydrogens (tertiary/aromatic N) is 1. The molecule has 0 radical (unpaired) electrons. The highest BCUT2D eigenvalue weighted by atomic mass is 79.9. The standard InChI is InChI=1S/C22H24Br2N2O2/c1-28-21-18(23)12-15(13-19(21)24)14-25-26-22(27)20(16-8-4-2-5-9-16)17-10-6-3-7-11-17/h2,4-5,8-9,12-14,17,20H,3,6-7,10-11H2,1H3,(H,26,27)/b25-14-/t20-/m0/s1. The van der Waals surface area contributed by atoms with Crippen LogP contribution in [0.25, 0.3) is 0 Å². The molecule has 2 aromatic carbocycles. The SMILES string of the molecule is COc1c(Br)cc(/C=N\NC(=O)[C@@H](c2ccccc2)C2CCCCC2)cc1Br. The van der Waals surface area contributed by atoms with Crippen molar-refractivity contribution in [3.8, 4) is 5.75 Å². The van der Waals surface area contributed by atoms with Gasteiger partial charge in [0.15, 0.2) is 0 Å². The average Bonchev–Trinajstić information content (AvgIpc) is 2.70. The quantitative estimate of drug-likeness (QED) is 0.383. The van der Waals surface area contributed by atoms with Gasteiger partial charge in [0, 0.05) is 0 Å². The van der Waals surface area contributed by atoms with Crippen LogP contribution in [-0.4, -0.2) is 19.2 Å². The van der Waals surface area contributed by atoms with E-state index in [4.69, 9.17) is 4.74 Å². The Morgan fingerprint density at radius 1 is 1.14 bits per heavy atom. The first-order valence-electron chi connectivity index (χ1n) is 9.51. The fourth-order valence-corrected chi connectivity index (χ4v) is 5.40. The molecule has 1 amide bonds. The summed E-state index contributed by atoms with van der Waals surface area (Å²) in [5, 5.41) is 4.21. The van der Waals surface area contributed by atoms with Gasteiger partial charge in [-0.25, -0.2) is 5.43 Å². The van der Waals surface area contributed by atoms with Gasteiger partial charge in [-0.1, -0.05) is 49.6 Å². The molecule has 3 rings (SSSR count). The lowest BCUT2D eigenvalue weighted by molar-refractivity contribution is -0.124. The van der Waals surface area contributed by atoms with Gasteiger partial charge in [0.2, 0.25) is 5.91 Å². The lowest BCUT2D eigenvalue weighted by Crippen LogP contribution is -2.31. The first-order valence-corrected chi connectivity index (χ1v) is 11.1. The second kappa shape index (κ2) is 10.2. The molecular weight excluding hydrogens is 484 g/mol. The van der Waals surface area contributed by atoms with Crippen LogP contribution in [0.1, 0.15) is 49.1 Å². The minimum atomic E-state index is -0.159.